The molecule has 4 rings (SSSR count). The third-order valence-electron chi connectivity index (χ3n) is 5.06. The minimum atomic E-state index is -0.194. The number of aryl methyl sites for hydroxylation is 1. The highest BCUT2D eigenvalue weighted by atomic mass is 16.2. The van der Waals surface area contributed by atoms with Gasteiger partial charge in [0, 0.05) is 18.8 Å². The summed E-state index contributed by atoms with van der Waals surface area (Å²) in [4.78, 5) is 26.9. The molecule has 1 aliphatic heterocycles. The quantitative estimate of drug-likeness (QED) is 0.666. The van der Waals surface area contributed by atoms with E-state index in [0.717, 1.165) is 41.8 Å². The number of nitrogens with one attached hydrogen (secondary N) is 3. The van der Waals surface area contributed by atoms with E-state index in [1.165, 1.54) is 0 Å². The van der Waals surface area contributed by atoms with Crippen LogP contribution in [0, 0.1) is 6.92 Å². The average molecular weight is 364 g/mol. The number of fused-ring (bicyclic) bond motifs is 1. The Morgan fingerprint density at radius 3 is 2.96 bits per heavy atom. The van der Waals surface area contributed by atoms with Crippen LogP contribution in [0.25, 0.3) is 11.0 Å². The molecule has 3 aromatic rings. The molecule has 1 saturated heterocycles. The Morgan fingerprint density at radius 2 is 2.15 bits per heavy atom. The molecular formula is C20H24N6O. The summed E-state index contributed by atoms with van der Waals surface area (Å²) in [6.45, 7) is 2.85. The number of para-hydroxylation sites is 2. The van der Waals surface area contributed by atoms with E-state index in [0.29, 0.717) is 5.69 Å². The second-order valence-corrected chi connectivity index (χ2v) is 7.21. The lowest BCUT2D eigenvalue weighted by atomic mass is 9.97. The van der Waals surface area contributed by atoms with E-state index >= 15 is 0 Å². The zero-order valence-corrected chi connectivity index (χ0v) is 15.6. The second-order valence-electron chi connectivity index (χ2n) is 7.21. The third kappa shape index (κ3) is 3.93. The Labute approximate surface area is 158 Å². The van der Waals surface area contributed by atoms with Crippen LogP contribution in [0.15, 0.2) is 42.7 Å². The molecule has 7 nitrogen and oxygen atoms in total. The first-order valence-corrected chi connectivity index (χ1v) is 9.22. The van der Waals surface area contributed by atoms with Crippen molar-refractivity contribution in [2.75, 3.05) is 18.9 Å². The van der Waals surface area contributed by atoms with E-state index in [1.807, 2.05) is 37.3 Å². The number of aromatic nitrogens is 3. The van der Waals surface area contributed by atoms with Gasteiger partial charge in [-0.1, -0.05) is 12.1 Å². The Morgan fingerprint density at radius 1 is 1.30 bits per heavy atom. The molecule has 7 heteroatoms. The topological polar surface area (TPSA) is 85.9 Å². The van der Waals surface area contributed by atoms with Crippen molar-refractivity contribution in [1.82, 2.24) is 25.2 Å². The first-order chi connectivity index (χ1) is 13.1. The van der Waals surface area contributed by atoms with Crippen LogP contribution >= 0.6 is 0 Å². The summed E-state index contributed by atoms with van der Waals surface area (Å²) in [6, 6.07) is 9.99. The number of rotatable bonds is 3. The van der Waals surface area contributed by atoms with Crippen LogP contribution in [0.5, 0.6) is 0 Å². The summed E-state index contributed by atoms with van der Waals surface area (Å²) < 4.78 is 0. The molecule has 1 fully saturated rings. The van der Waals surface area contributed by atoms with Crippen LogP contribution in [0.4, 0.5) is 10.5 Å². The van der Waals surface area contributed by atoms with E-state index in [4.69, 9.17) is 4.98 Å². The van der Waals surface area contributed by atoms with Crippen molar-refractivity contribution in [2.45, 2.75) is 31.8 Å². The predicted molar refractivity (Wildman–Crippen MR) is 106 cm³/mol. The monoisotopic (exact) mass is 364 g/mol. The van der Waals surface area contributed by atoms with E-state index < -0.39 is 0 Å². The predicted octanol–water partition coefficient (Wildman–Crippen LogP) is 3.22. The number of aromatic amines is 1. The van der Waals surface area contributed by atoms with Gasteiger partial charge in [0.2, 0.25) is 0 Å². The molecule has 2 unspecified atom stereocenters. The molecule has 0 aliphatic carbocycles. The van der Waals surface area contributed by atoms with Crippen molar-refractivity contribution < 1.29 is 4.79 Å². The molecule has 3 heterocycles. The normalized spacial score (nSPS) is 20.5. The maximum Gasteiger partial charge on any atom is 0.319 e. The fraction of sp³-hybridized carbons (Fsp3) is 0.350. The van der Waals surface area contributed by atoms with Gasteiger partial charge in [0.25, 0.3) is 0 Å². The largest absolute Gasteiger partial charge is 0.341 e. The van der Waals surface area contributed by atoms with Gasteiger partial charge in [-0.2, -0.15) is 0 Å². The number of piperidine rings is 1. The number of carbonyl (C=O) groups is 1. The van der Waals surface area contributed by atoms with Crippen LogP contribution in [-0.2, 0) is 0 Å². The summed E-state index contributed by atoms with van der Waals surface area (Å²) >= 11 is 0. The summed E-state index contributed by atoms with van der Waals surface area (Å²) in [7, 11) is 2.10. The number of nitrogens with zero attached hydrogens (tertiary/aromatic N) is 3. The fourth-order valence-electron chi connectivity index (χ4n) is 3.64. The zero-order chi connectivity index (χ0) is 18.8. The van der Waals surface area contributed by atoms with Crippen molar-refractivity contribution in [1.29, 1.82) is 0 Å². The van der Waals surface area contributed by atoms with Crippen molar-refractivity contribution in [3.63, 3.8) is 0 Å². The lowest BCUT2D eigenvalue weighted by molar-refractivity contribution is 0.153. The minimum absolute atomic E-state index is 0.0946. The second kappa shape index (κ2) is 7.36. The number of anilines is 1. The molecule has 0 radical (unpaired) electrons. The molecule has 3 N–H and O–H groups in total. The van der Waals surface area contributed by atoms with Gasteiger partial charge in [-0.3, -0.25) is 9.88 Å². The van der Waals surface area contributed by atoms with Crippen LogP contribution in [0.2, 0.25) is 0 Å². The van der Waals surface area contributed by atoms with Gasteiger partial charge in [-0.15, -0.1) is 0 Å². The number of pyridine rings is 1. The van der Waals surface area contributed by atoms with Gasteiger partial charge in [0.1, 0.15) is 5.82 Å². The average Bonchev–Trinajstić information content (AvgIpc) is 3.07. The van der Waals surface area contributed by atoms with Crippen LogP contribution in [0.1, 0.15) is 30.3 Å². The van der Waals surface area contributed by atoms with E-state index in [9.17, 15) is 4.79 Å². The maximum atomic E-state index is 12.4. The van der Waals surface area contributed by atoms with Gasteiger partial charge in [-0.25, -0.2) is 9.78 Å². The summed E-state index contributed by atoms with van der Waals surface area (Å²) in [5, 5.41) is 5.96. The smallest absolute Gasteiger partial charge is 0.319 e. The summed E-state index contributed by atoms with van der Waals surface area (Å²) in [5.41, 5.74) is 3.73. The highest BCUT2D eigenvalue weighted by Crippen LogP contribution is 2.29. The molecule has 0 bridgehead atoms. The number of hydrogen-bond donors (Lipinski definition) is 3. The van der Waals surface area contributed by atoms with Crippen LogP contribution in [-0.4, -0.2) is 45.5 Å². The highest BCUT2D eigenvalue weighted by Gasteiger charge is 2.30. The molecule has 140 valence electrons. The number of amides is 2. The van der Waals surface area contributed by atoms with Crippen LogP contribution < -0.4 is 10.6 Å². The van der Waals surface area contributed by atoms with Gasteiger partial charge in [0.15, 0.2) is 0 Å². The Kier molecular flexibility index (Phi) is 4.77. The molecule has 2 aromatic heterocycles. The SMILES string of the molecule is Cc1cncc(NC(=O)NC2CCN(C)C(c3nc4ccccc4[nH]3)C2)c1. The highest BCUT2D eigenvalue weighted by molar-refractivity contribution is 5.89. The number of H-pyrrole nitrogens is 1. The molecule has 1 aromatic carbocycles. The van der Waals surface area contributed by atoms with Gasteiger partial charge >= 0.3 is 6.03 Å². The number of likely N-dealkylation sites (tertiary alicyclic amines) is 1. The number of benzene rings is 1. The van der Waals surface area contributed by atoms with Gasteiger partial charge in [-0.05, 0) is 50.6 Å². The molecule has 27 heavy (non-hydrogen) atoms. The molecule has 2 atom stereocenters. The Balaban J connectivity index is 1.43. The zero-order valence-electron chi connectivity index (χ0n) is 15.6. The first kappa shape index (κ1) is 17.5. The van der Waals surface area contributed by atoms with Crippen molar-refractivity contribution in [3.8, 4) is 0 Å². The molecular weight excluding hydrogens is 340 g/mol. The fourth-order valence-corrected chi connectivity index (χ4v) is 3.64. The maximum absolute atomic E-state index is 12.4. The lowest BCUT2D eigenvalue weighted by Gasteiger charge is -2.36. The van der Waals surface area contributed by atoms with Crippen molar-refractivity contribution in [3.05, 3.63) is 54.1 Å². The van der Waals surface area contributed by atoms with E-state index in [2.05, 4.69) is 32.5 Å². The van der Waals surface area contributed by atoms with E-state index in [-0.39, 0.29) is 18.1 Å². The number of urea groups is 1. The Bertz CT molecular complexity index is 919. The van der Waals surface area contributed by atoms with Gasteiger partial charge < -0.3 is 15.6 Å². The number of hydrogen-bond acceptors (Lipinski definition) is 4. The van der Waals surface area contributed by atoms with Crippen molar-refractivity contribution >= 4 is 22.8 Å². The number of carbonyl (C=O) groups excluding carboxylic acids is 1. The Hall–Kier alpha value is -2.93. The lowest BCUT2D eigenvalue weighted by Crippen LogP contribution is -2.46. The number of imidazole rings is 1. The van der Waals surface area contributed by atoms with Crippen molar-refractivity contribution in [2.24, 2.45) is 0 Å². The van der Waals surface area contributed by atoms with E-state index in [1.54, 1.807) is 12.4 Å². The molecule has 2 amide bonds. The van der Waals surface area contributed by atoms with Gasteiger partial charge in [0.05, 0.1) is 29.0 Å². The minimum Gasteiger partial charge on any atom is -0.341 e. The summed E-state index contributed by atoms with van der Waals surface area (Å²) in [5.74, 6) is 0.952. The van der Waals surface area contributed by atoms with Crippen LogP contribution in [0.3, 0.4) is 0 Å². The first-order valence-electron chi connectivity index (χ1n) is 9.22. The molecule has 0 saturated carbocycles. The molecule has 1 aliphatic rings. The summed E-state index contributed by atoms with van der Waals surface area (Å²) in [6.07, 6.45) is 5.14. The third-order valence-corrected chi connectivity index (χ3v) is 5.06. The standard InChI is InChI=1S/C20H24N6O/c1-13-9-15(12-21-11-13)23-20(27)22-14-7-8-26(2)18(10-14)19-24-16-5-3-4-6-17(16)25-19/h3-6,9,11-12,14,18H,7-8,10H2,1-2H3,(H,24,25)(H2,22,23,27). The molecule has 0 spiro atoms.